The third-order valence-corrected chi connectivity index (χ3v) is 3.84. The number of hydrogen-bond acceptors (Lipinski definition) is 4. The number of carbonyl (C=O) groups is 2. The van der Waals surface area contributed by atoms with Crippen LogP contribution in [0.5, 0.6) is 0 Å². The second-order valence-corrected chi connectivity index (χ2v) is 5.67. The average molecular weight is 374 g/mol. The predicted molar refractivity (Wildman–Crippen MR) is 79.0 cm³/mol. The zero-order valence-corrected chi connectivity index (χ0v) is 12.8. The number of aromatic nitrogens is 1. The summed E-state index contributed by atoms with van der Waals surface area (Å²) in [6, 6.07) is 3.66. The first-order valence-corrected chi connectivity index (χ1v) is 7.30. The Morgan fingerprint density at radius 1 is 1.43 bits per heavy atom. The lowest BCUT2D eigenvalue weighted by Gasteiger charge is -2.06. The van der Waals surface area contributed by atoms with Crippen LogP contribution in [0.3, 0.4) is 0 Å². The number of amides is 2. The van der Waals surface area contributed by atoms with Crippen molar-refractivity contribution in [2.24, 2.45) is 0 Å². The summed E-state index contributed by atoms with van der Waals surface area (Å²) in [5.74, 6) is -1.61. The van der Waals surface area contributed by atoms with Crippen LogP contribution in [0.1, 0.15) is 15.5 Å². The zero-order chi connectivity index (χ0) is 15.4. The van der Waals surface area contributed by atoms with Crippen LogP contribution in [0.25, 0.3) is 0 Å². The lowest BCUT2D eigenvalue weighted by Crippen LogP contribution is -2.28. The van der Waals surface area contributed by atoms with Crippen molar-refractivity contribution in [2.75, 3.05) is 5.32 Å². The molecule has 2 amide bonds. The first-order valence-electron chi connectivity index (χ1n) is 5.63. The number of rotatable bonds is 4. The first kappa shape index (κ1) is 15.4. The maximum absolute atomic E-state index is 13.3. The summed E-state index contributed by atoms with van der Waals surface area (Å²) in [6.07, 6.45) is 0. The van der Waals surface area contributed by atoms with Gasteiger partial charge in [0.25, 0.3) is 0 Å². The van der Waals surface area contributed by atoms with Crippen LogP contribution in [0.4, 0.5) is 14.9 Å². The Kier molecular flexibility index (Phi) is 4.86. The van der Waals surface area contributed by atoms with E-state index in [1.165, 1.54) is 17.5 Å². The van der Waals surface area contributed by atoms with Gasteiger partial charge in [-0.1, -0.05) is 0 Å². The molecule has 0 saturated heterocycles. The lowest BCUT2D eigenvalue weighted by atomic mass is 10.3. The molecule has 21 heavy (non-hydrogen) atoms. The number of anilines is 1. The average Bonchev–Trinajstić information content (AvgIpc) is 2.90. The summed E-state index contributed by atoms with van der Waals surface area (Å²) in [7, 11) is 0. The Bertz CT molecular complexity index is 692. The van der Waals surface area contributed by atoms with E-state index in [2.05, 4.69) is 31.5 Å². The molecule has 1 aromatic carbocycles. The van der Waals surface area contributed by atoms with Crippen LogP contribution in [0, 0.1) is 5.82 Å². The van der Waals surface area contributed by atoms with E-state index in [1.807, 2.05) is 0 Å². The van der Waals surface area contributed by atoms with Crippen molar-refractivity contribution in [3.05, 3.63) is 44.6 Å². The molecular formula is C12H9BrFN3O3S. The van der Waals surface area contributed by atoms with Gasteiger partial charge in [0.2, 0.25) is 0 Å². The molecule has 2 rings (SSSR count). The summed E-state index contributed by atoms with van der Waals surface area (Å²) >= 11 is 4.14. The number of carboxylic acid groups (broad SMARTS) is 1. The maximum atomic E-state index is 13.3. The standard InChI is InChI=1S/C12H9BrFN3O3S/c13-7-2-1-6(3-8(7)14)16-12(20)15-4-10-17-9(5-21-10)11(18)19/h1-3,5H,4H2,(H,18,19)(H2,15,16,20). The molecule has 0 aliphatic rings. The molecule has 1 heterocycles. The number of urea groups is 1. The highest BCUT2D eigenvalue weighted by Gasteiger charge is 2.10. The molecule has 0 aliphatic heterocycles. The molecule has 0 fully saturated rings. The molecule has 0 radical (unpaired) electrons. The second-order valence-electron chi connectivity index (χ2n) is 3.87. The molecule has 6 nitrogen and oxygen atoms in total. The normalized spacial score (nSPS) is 10.2. The van der Waals surface area contributed by atoms with Gasteiger partial charge < -0.3 is 15.7 Å². The smallest absolute Gasteiger partial charge is 0.355 e. The number of hydrogen-bond donors (Lipinski definition) is 3. The minimum Gasteiger partial charge on any atom is -0.476 e. The first-order chi connectivity index (χ1) is 9.95. The van der Waals surface area contributed by atoms with Crippen LogP contribution < -0.4 is 10.6 Å². The Labute approximate surface area is 131 Å². The molecule has 1 aromatic heterocycles. The van der Waals surface area contributed by atoms with Crippen LogP contribution in [0.2, 0.25) is 0 Å². The van der Waals surface area contributed by atoms with Gasteiger partial charge in [-0.3, -0.25) is 0 Å². The van der Waals surface area contributed by atoms with Crippen molar-refractivity contribution in [2.45, 2.75) is 6.54 Å². The zero-order valence-electron chi connectivity index (χ0n) is 10.4. The number of carboxylic acids is 1. The Morgan fingerprint density at radius 3 is 2.81 bits per heavy atom. The summed E-state index contributed by atoms with van der Waals surface area (Å²) in [5.41, 5.74) is 0.241. The predicted octanol–water partition coefficient (Wildman–Crippen LogP) is 3.06. The van der Waals surface area contributed by atoms with Crippen molar-refractivity contribution < 1.29 is 19.1 Å². The molecule has 0 saturated carbocycles. The van der Waals surface area contributed by atoms with E-state index in [0.717, 1.165) is 11.3 Å². The fraction of sp³-hybridized carbons (Fsp3) is 0.0833. The Balaban J connectivity index is 1.89. The van der Waals surface area contributed by atoms with Crippen molar-refractivity contribution in [1.29, 1.82) is 0 Å². The summed E-state index contributed by atoms with van der Waals surface area (Å²) in [6.45, 7) is 0.0861. The SMILES string of the molecule is O=C(NCc1nc(C(=O)O)cs1)Nc1ccc(Br)c(F)c1. The van der Waals surface area contributed by atoms with Gasteiger partial charge in [0.05, 0.1) is 11.0 Å². The number of benzene rings is 1. The molecule has 0 bridgehead atoms. The topological polar surface area (TPSA) is 91.3 Å². The van der Waals surface area contributed by atoms with E-state index < -0.39 is 17.8 Å². The van der Waals surface area contributed by atoms with Gasteiger partial charge in [-0.05, 0) is 34.1 Å². The van der Waals surface area contributed by atoms with Crippen molar-refractivity contribution in [3.8, 4) is 0 Å². The Hall–Kier alpha value is -2.00. The van der Waals surface area contributed by atoms with Gasteiger partial charge >= 0.3 is 12.0 Å². The van der Waals surface area contributed by atoms with Crippen LogP contribution in [-0.4, -0.2) is 22.1 Å². The largest absolute Gasteiger partial charge is 0.476 e. The van der Waals surface area contributed by atoms with E-state index in [0.29, 0.717) is 15.2 Å². The summed E-state index contributed by atoms with van der Waals surface area (Å²) in [5, 5.41) is 15.5. The second kappa shape index (κ2) is 6.64. The molecule has 0 aliphatic carbocycles. The molecule has 110 valence electrons. The van der Waals surface area contributed by atoms with Crippen molar-refractivity contribution >= 4 is 45.0 Å². The number of nitrogens with one attached hydrogen (secondary N) is 2. The lowest BCUT2D eigenvalue weighted by molar-refractivity contribution is 0.0691. The number of carbonyl (C=O) groups excluding carboxylic acids is 1. The molecule has 3 N–H and O–H groups in total. The molecular weight excluding hydrogens is 365 g/mol. The number of nitrogens with zero attached hydrogens (tertiary/aromatic N) is 1. The molecule has 0 unspecified atom stereocenters. The highest BCUT2D eigenvalue weighted by molar-refractivity contribution is 9.10. The van der Waals surface area contributed by atoms with Gasteiger partial charge in [0.1, 0.15) is 10.8 Å². The molecule has 0 atom stereocenters. The highest BCUT2D eigenvalue weighted by Crippen LogP contribution is 2.19. The molecule has 0 spiro atoms. The maximum Gasteiger partial charge on any atom is 0.355 e. The van der Waals surface area contributed by atoms with E-state index in [1.54, 1.807) is 6.07 Å². The van der Waals surface area contributed by atoms with Gasteiger partial charge in [-0.2, -0.15) is 0 Å². The van der Waals surface area contributed by atoms with Gasteiger partial charge in [-0.25, -0.2) is 19.0 Å². The minimum absolute atomic E-state index is 0.0628. The highest BCUT2D eigenvalue weighted by atomic mass is 79.9. The van der Waals surface area contributed by atoms with Crippen molar-refractivity contribution in [1.82, 2.24) is 10.3 Å². The van der Waals surface area contributed by atoms with Crippen LogP contribution in [-0.2, 0) is 6.54 Å². The van der Waals surface area contributed by atoms with E-state index >= 15 is 0 Å². The third-order valence-electron chi connectivity index (χ3n) is 2.35. The number of halogens is 2. The fourth-order valence-electron chi connectivity index (χ4n) is 1.40. The van der Waals surface area contributed by atoms with Gasteiger partial charge in [-0.15, -0.1) is 11.3 Å². The monoisotopic (exact) mass is 373 g/mol. The number of aromatic carboxylic acids is 1. The van der Waals surface area contributed by atoms with Crippen molar-refractivity contribution in [3.63, 3.8) is 0 Å². The van der Waals surface area contributed by atoms with E-state index in [4.69, 9.17) is 5.11 Å². The van der Waals surface area contributed by atoms with Gasteiger partial charge in [0, 0.05) is 11.1 Å². The quantitative estimate of drug-likeness (QED) is 0.767. The van der Waals surface area contributed by atoms with E-state index in [-0.39, 0.29) is 12.2 Å². The minimum atomic E-state index is -1.12. The van der Waals surface area contributed by atoms with E-state index in [9.17, 15) is 14.0 Å². The molecule has 2 aromatic rings. The summed E-state index contributed by atoms with van der Waals surface area (Å²) in [4.78, 5) is 26.1. The fourth-order valence-corrected chi connectivity index (χ4v) is 2.35. The Morgan fingerprint density at radius 2 is 2.19 bits per heavy atom. The van der Waals surface area contributed by atoms with Gasteiger partial charge in [0.15, 0.2) is 5.69 Å². The summed E-state index contributed by atoms with van der Waals surface area (Å²) < 4.78 is 13.6. The van der Waals surface area contributed by atoms with Crippen LogP contribution in [0.15, 0.2) is 28.1 Å². The third kappa shape index (κ3) is 4.23. The number of thiazole rings is 1. The molecule has 9 heteroatoms. The van der Waals surface area contributed by atoms with Crippen LogP contribution >= 0.6 is 27.3 Å².